The standard InChI is InChI=1S/C11H10N2O2S.ClH/c12-5-7-2-1-3-8(4-7)10-13-9(6-16-10)11(14)15;/h1-4,6H,5,12H2,(H,14,15);1H. The fourth-order valence-electron chi connectivity index (χ4n) is 1.34. The Morgan fingerprint density at radius 3 is 2.82 bits per heavy atom. The number of nitrogens with zero attached hydrogens (tertiary/aromatic N) is 1. The molecule has 90 valence electrons. The lowest BCUT2D eigenvalue weighted by Gasteiger charge is -1.99. The number of carboxylic acids is 1. The summed E-state index contributed by atoms with van der Waals surface area (Å²) in [6, 6.07) is 7.63. The lowest BCUT2D eigenvalue weighted by atomic mass is 10.1. The third kappa shape index (κ3) is 3.03. The fraction of sp³-hybridized carbons (Fsp3) is 0.0909. The maximum atomic E-state index is 10.7. The van der Waals surface area contributed by atoms with E-state index in [4.69, 9.17) is 10.8 Å². The average molecular weight is 271 g/mol. The van der Waals surface area contributed by atoms with Crippen LogP contribution in [0.4, 0.5) is 0 Å². The van der Waals surface area contributed by atoms with Gasteiger partial charge >= 0.3 is 5.97 Å². The van der Waals surface area contributed by atoms with Crippen molar-refractivity contribution < 1.29 is 9.90 Å². The number of benzene rings is 1. The quantitative estimate of drug-likeness (QED) is 0.898. The van der Waals surface area contributed by atoms with Gasteiger partial charge in [-0.3, -0.25) is 0 Å². The molecule has 2 rings (SSSR count). The number of nitrogens with two attached hydrogens (primary N) is 1. The number of carboxylic acid groups (broad SMARTS) is 1. The van der Waals surface area contributed by atoms with Gasteiger partial charge in [-0.15, -0.1) is 23.7 Å². The predicted molar refractivity (Wildman–Crippen MR) is 69.6 cm³/mol. The summed E-state index contributed by atoms with van der Waals surface area (Å²) in [7, 11) is 0. The van der Waals surface area contributed by atoms with E-state index < -0.39 is 5.97 Å². The highest BCUT2D eigenvalue weighted by atomic mass is 35.5. The minimum Gasteiger partial charge on any atom is -0.476 e. The largest absolute Gasteiger partial charge is 0.476 e. The van der Waals surface area contributed by atoms with Crippen molar-refractivity contribution in [2.75, 3.05) is 0 Å². The van der Waals surface area contributed by atoms with Gasteiger partial charge in [-0.25, -0.2) is 9.78 Å². The lowest BCUT2D eigenvalue weighted by molar-refractivity contribution is 0.0691. The number of carbonyl (C=O) groups is 1. The smallest absolute Gasteiger partial charge is 0.355 e. The van der Waals surface area contributed by atoms with Crippen LogP contribution in [0.5, 0.6) is 0 Å². The van der Waals surface area contributed by atoms with Gasteiger partial charge < -0.3 is 10.8 Å². The summed E-state index contributed by atoms with van der Waals surface area (Å²) in [6.07, 6.45) is 0. The van der Waals surface area contributed by atoms with Crippen LogP contribution in [-0.4, -0.2) is 16.1 Å². The molecule has 1 aromatic carbocycles. The molecule has 6 heteroatoms. The molecule has 0 saturated carbocycles. The Bertz CT molecular complexity index is 528. The molecule has 0 aliphatic carbocycles. The van der Waals surface area contributed by atoms with Crippen molar-refractivity contribution >= 4 is 29.7 Å². The second-order valence-electron chi connectivity index (χ2n) is 3.25. The van der Waals surface area contributed by atoms with Crippen LogP contribution >= 0.6 is 23.7 Å². The van der Waals surface area contributed by atoms with Gasteiger partial charge in [-0.05, 0) is 11.6 Å². The number of halogens is 1. The van der Waals surface area contributed by atoms with Crippen molar-refractivity contribution in [2.45, 2.75) is 6.54 Å². The predicted octanol–water partition coefficient (Wildman–Crippen LogP) is 2.39. The first-order valence-electron chi connectivity index (χ1n) is 4.69. The molecule has 0 spiro atoms. The van der Waals surface area contributed by atoms with Crippen molar-refractivity contribution in [1.29, 1.82) is 0 Å². The Morgan fingerprint density at radius 2 is 2.24 bits per heavy atom. The molecule has 2 aromatic rings. The second-order valence-corrected chi connectivity index (χ2v) is 4.11. The molecule has 0 unspecified atom stereocenters. The minimum atomic E-state index is -1.00. The van der Waals surface area contributed by atoms with Crippen LogP contribution in [0.3, 0.4) is 0 Å². The van der Waals surface area contributed by atoms with Crippen molar-refractivity contribution in [2.24, 2.45) is 5.73 Å². The Morgan fingerprint density at radius 1 is 1.47 bits per heavy atom. The van der Waals surface area contributed by atoms with E-state index in [1.165, 1.54) is 16.7 Å². The molecule has 0 radical (unpaired) electrons. The molecule has 0 bridgehead atoms. The summed E-state index contributed by atoms with van der Waals surface area (Å²) in [5.74, 6) is -1.00. The number of aromatic carboxylic acids is 1. The zero-order chi connectivity index (χ0) is 11.5. The van der Waals surface area contributed by atoms with E-state index in [0.717, 1.165) is 11.1 Å². The van der Waals surface area contributed by atoms with Gasteiger partial charge in [-0.1, -0.05) is 18.2 Å². The van der Waals surface area contributed by atoms with Crippen LogP contribution in [0.1, 0.15) is 16.1 Å². The second kappa shape index (κ2) is 5.77. The summed E-state index contributed by atoms with van der Waals surface area (Å²) in [5.41, 5.74) is 7.53. The number of hydrogen-bond donors (Lipinski definition) is 2. The molecule has 0 amide bonds. The summed E-state index contributed by atoms with van der Waals surface area (Å²) >= 11 is 1.32. The van der Waals surface area contributed by atoms with Gasteiger partial charge in [0.05, 0.1) is 0 Å². The highest BCUT2D eigenvalue weighted by Gasteiger charge is 2.09. The van der Waals surface area contributed by atoms with Gasteiger partial charge in [0.15, 0.2) is 5.69 Å². The Hall–Kier alpha value is -1.43. The Balaban J connectivity index is 0.00000144. The van der Waals surface area contributed by atoms with Crippen LogP contribution in [0.2, 0.25) is 0 Å². The van der Waals surface area contributed by atoms with Crippen molar-refractivity contribution in [3.8, 4) is 10.6 Å². The molecular formula is C11H11ClN2O2S. The molecule has 0 fully saturated rings. The highest BCUT2D eigenvalue weighted by Crippen LogP contribution is 2.24. The van der Waals surface area contributed by atoms with Crippen LogP contribution < -0.4 is 5.73 Å². The van der Waals surface area contributed by atoms with Crippen LogP contribution in [0.25, 0.3) is 10.6 Å². The topological polar surface area (TPSA) is 76.2 Å². The van der Waals surface area contributed by atoms with Gasteiger partial charge in [0.1, 0.15) is 5.01 Å². The number of thiazole rings is 1. The number of aromatic nitrogens is 1. The summed E-state index contributed by atoms with van der Waals surface area (Å²) < 4.78 is 0. The SMILES string of the molecule is Cl.NCc1cccc(-c2nc(C(=O)O)cs2)c1. The molecule has 0 aliphatic rings. The summed E-state index contributed by atoms with van der Waals surface area (Å²) in [5, 5.41) is 11.0. The van der Waals surface area contributed by atoms with Crippen molar-refractivity contribution in [3.05, 3.63) is 40.9 Å². The minimum absolute atomic E-state index is 0. The zero-order valence-corrected chi connectivity index (χ0v) is 10.4. The molecular weight excluding hydrogens is 260 g/mol. The van der Waals surface area contributed by atoms with Gasteiger partial charge in [-0.2, -0.15) is 0 Å². The van der Waals surface area contributed by atoms with Gasteiger partial charge in [0.25, 0.3) is 0 Å². The first-order valence-corrected chi connectivity index (χ1v) is 5.57. The van der Waals surface area contributed by atoms with E-state index in [1.807, 2.05) is 24.3 Å². The highest BCUT2D eigenvalue weighted by molar-refractivity contribution is 7.13. The van der Waals surface area contributed by atoms with Gasteiger partial charge in [0, 0.05) is 17.5 Å². The summed E-state index contributed by atoms with van der Waals surface area (Å²) in [4.78, 5) is 14.7. The molecule has 1 aromatic heterocycles. The zero-order valence-electron chi connectivity index (χ0n) is 8.79. The Labute approximate surface area is 109 Å². The van der Waals surface area contributed by atoms with E-state index >= 15 is 0 Å². The first kappa shape index (κ1) is 13.6. The number of hydrogen-bond acceptors (Lipinski definition) is 4. The molecule has 3 N–H and O–H groups in total. The van der Waals surface area contributed by atoms with E-state index in [-0.39, 0.29) is 18.1 Å². The molecule has 4 nitrogen and oxygen atoms in total. The van der Waals surface area contributed by atoms with E-state index in [9.17, 15) is 4.79 Å². The maximum absolute atomic E-state index is 10.7. The maximum Gasteiger partial charge on any atom is 0.355 e. The van der Waals surface area contributed by atoms with E-state index in [1.54, 1.807) is 0 Å². The third-order valence-electron chi connectivity index (χ3n) is 2.13. The average Bonchev–Trinajstić information content (AvgIpc) is 2.78. The Kier molecular flexibility index (Phi) is 4.62. The van der Waals surface area contributed by atoms with Crippen LogP contribution in [-0.2, 0) is 6.54 Å². The van der Waals surface area contributed by atoms with E-state index in [0.29, 0.717) is 11.6 Å². The van der Waals surface area contributed by atoms with Crippen molar-refractivity contribution in [3.63, 3.8) is 0 Å². The van der Waals surface area contributed by atoms with Crippen molar-refractivity contribution in [1.82, 2.24) is 4.98 Å². The third-order valence-corrected chi connectivity index (χ3v) is 3.02. The monoisotopic (exact) mass is 270 g/mol. The molecule has 17 heavy (non-hydrogen) atoms. The van der Waals surface area contributed by atoms with Gasteiger partial charge in [0.2, 0.25) is 0 Å². The summed E-state index contributed by atoms with van der Waals surface area (Å²) in [6.45, 7) is 0.463. The number of rotatable bonds is 3. The molecule has 0 aliphatic heterocycles. The molecule has 0 atom stereocenters. The fourth-order valence-corrected chi connectivity index (χ4v) is 2.13. The molecule has 0 saturated heterocycles. The molecule has 1 heterocycles. The van der Waals surface area contributed by atoms with E-state index in [2.05, 4.69) is 4.98 Å². The van der Waals surface area contributed by atoms with Crippen LogP contribution in [0, 0.1) is 0 Å². The van der Waals surface area contributed by atoms with Crippen LogP contribution in [0.15, 0.2) is 29.6 Å². The lowest BCUT2D eigenvalue weighted by Crippen LogP contribution is -1.97. The first-order chi connectivity index (χ1) is 7.70. The normalized spacial score (nSPS) is 9.71.